The van der Waals surface area contributed by atoms with Gasteiger partial charge in [-0.1, -0.05) is 146 Å². The highest BCUT2D eigenvalue weighted by Gasteiger charge is 2.65. The second kappa shape index (κ2) is 10.4. The zero-order valence-electron chi connectivity index (χ0n) is 23.1. The van der Waals surface area contributed by atoms with Crippen LogP contribution in [-0.2, 0) is 10.3 Å². The van der Waals surface area contributed by atoms with E-state index in [9.17, 15) is 0 Å². The minimum absolute atomic E-state index is 0.107. The number of ether oxygens (including phenoxy) is 1. The third kappa shape index (κ3) is 4.04. The van der Waals surface area contributed by atoms with E-state index in [2.05, 4.69) is 150 Å². The van der Waals surface area contributed by atoms with E-state index in [-0.39, 0.29) is 6.23 Å². The molecule has 2 bridgehead atoms. The van der Waals surface area contributed by atoms with Gasteiger partial charge in [0.1, 0.15) is 11.8 Å². The standard InChI is InChI=1S/C38H34NOP/c1-5-15-29(16-6-1)38(30-17-7-2-8-18-30)36-28-25-26-31(27-28)39(36)37(40-38)34-23-13-14-24-35(34)41(32-19-9-3-10-20-32)33-21-11-4-12-22-33/h1-24,28,31,36-37H,25-27H2/t28-,31+,36-,37+/m0/s1. The lowest BCUT2D eigenvalue weighted by molar-refractivity contribution is -0.0523. The largest absolute Gasteiger partial charge is 0.341 e. The van der Waals surface area contributed by atoms with Crippen molar-refractivity contribution in [3.63, 3.8) is 0 Å². The summed E-state index contributed by atoms with van der Waals surface area (Å²) in [5.74, 6) is 0.627. The first-order valence-corrected chi connectivity index (χ1v) is 16.2. The predicted octanol–water partition coefficient (Wildman–Crippen LogP) is 7.27. The van der Waals surface area contributed by atoms with Crippen LogP contribution >= 0.6 is 7.92 Å². The summed E-state index contributed by atoms with van der Waals surface area (Å²) in [6.07, 6.45) is 3.70. The van der Waals surface area contributed by atoms with Crippen molar-refractivity contribution in [3.05, 3.63) is 162 Å². The molecular weight excluding hydrogens is 517 g/mol. The number of nitrogens with zero attached hydrogens (tertiary/aromatic N) is 1. The van der Waals surface area contributed by atoms with Crippen molar-refractivity contribution in [1.82, 2.24) is 4.90 Å². The fourth-order valence-electron chi connectivity index (χ4n) is 7.93. The molecular formula is C38H34NOP. The molecule has 41 heavy (non-hydrogen) atoms. The van der Waals surface area contributed by atoms with Crippen LogP contribution in [-0.4, -0.2) is 17.0 Å². The molecule has 1 saturated carbocycles. The number of fused-ring (bicyclic) bond motifs is 5. The second-order valence-electron chi connectivity index (χ2n) is 11.6. The van der Waals surface area contributed by atoms with E-state index in [1.165, 1.54) is 51.9 Å². The van der Waals surface area contributed by atoms with E-state index >= 15 is 0 Å². The van der Waals surface area contributed by atoms with Crippen LogP contribution in [0.3, 0.4) is 0 Å². The summed E-state index contributed by atoms with van der Waals surface area (Å²) >= 11 is 0. The van der Waals surface area contributed by atoms with Gasteiger partial charge < -0.3 is 4.74 Å². The summed E-state index contributed by atoms with van der Waals surface area (Å²) < 4.78 is 7.65. The van der Waals surface area contributed by atoms with E-state index < -0.39 is 13.5 Å². The van der Waals surface area contributed by atoms with Crippen LogP contribution in [0.5, 0.6) is 0 Å². The molecule has 4 atom stereocenters. The maximum atomic E-state index is 7.65. The van der Waals surface area contributed by atoms with Crippen molar-refractivity contribution in [3.8, 4) is 0 Å². The molecule has 2 nitrogen and oxygen atoms in total. The van der Waals surface area contributed by atoms with Gasteiger partial charge in [-0.15, -0.1) is 0 Å². The molecule has 202 valence electrons. The summed E-state index contributed by atoms with van der Waals surface area (Å²) in [5.41, 5.74) is 3.34. The molecule has 2 aliphatic heterocycles. The van der Waals surface area contributed by atoms with Crippen LogP contribution in [0.25, 0.3) is 0 Å². The second-order valence-corrected chi connectivity index (χ2v) is 13.8. The van der Waals surface area contributed by atoms with Crippen LogP contribution < -0.4 is 15.9 Å². The van der Waals surface area contributed by atoms with Crippen LogP contribution in [0.1, 0.15) is 42.2 Å². The number of hydrogen-bond donors (Lipinski definition) is 0. The first-order chi connectivity index (χ1) is 20.3. The van der Waals surface area contributed by atoms with Crippen molar-refractivity contribution in [1.29, 1.82) is 0 Å². The average molecular weight is 552 g/mol. The number of piperidine rings is 1. The van der Waals surface area contributed by atoms with Gasteiger partial charge >= 0.3 is 0 Å². The van der Waals surface area contributed by atoms with E-state index in [1.54, 1.807) is 0 Å². The van der Waals surface area contributed by atoms with E-state index in [1.807, 2.05) is 0 Å². The van der Waals surface area contributed by atoms with Crippen molar-refractivity contribution in [2.75, 3.05) is 0 Å². The van der Waals surface area contributed by atoms with Crippen LogP contribution in [0.15, 0.2) is 146 Å². The first kappa shape index (κ1) is 25.2. The lowest BCUT2D eigenvalue weighted by Gasteiger charge is -2.39. The van der Waals surface area contributed by atoms with Gasteiger partial charge in [0.05, 0.1) is 6.04 Å². The molecule has 3 heteroatoms. The fourth-order valence-corrected chi connectivity index (χ4v) is 10.4. The van der Waals surface area contributed by atoms with Crippen LogP contribution in [0.4, 0.5) is 0 Å². The lowest BCUT2D eigenvalue weighted by atomic mass is 9.75. The zero-order valence-corrected chi connectivity index (χ0v) is 24.0. The molecule has 3 aliphatic rings. The minimum Gasteiger partial charge on any atom is -0.341 e. The number of rotatable bonds is 6. The first-order valence-electron chi connectivity index (χ1n) is 14.9. The van der Waals surface area contributed by atoms with Gasteiger partial charge in [-0.2, -0.15) is 0 Å². The Kier molecular flexibility index (Phi) is 6.37. The van der Waals surface area contributed by atoms with Crippen molar-refractivity contribution in [2.24, 2.45) is 5.92 Å². The predicted molar refractivity (Wildman–Crippen MR) is 169 cm³/mol. The topological polar surface area (TPSA) is 12.5 Å². The molecule has 2 heterocycles. The summed E-state index contributed by atoms with van der Waals surface area (Å²) in [6, 6.07) is 54.2. The molecule has 3 fully saturated rings. The number of benzene rings is 5. The van der Waals surface area contributed by atoms with E-state index in [4.69, 9.17) is 4.74 Å². The maximum absolute atomic E-state index is 7.65. The molecule has 5 aromatic carbocycles. The average Bonchev–Trinajstić information content (AvgIpc) is 3.77. The Hall–Kier alpha value is -3.55. The lowest BCUT2D eigenvalue weighted by Crippen LogP contribution is -2.47. The third-order valence-corrected chi connectivity index (χ3v) is 12.0. The summed E-state index contributed by atoms with van der Waals surface area (Å²) in [4.78, 5) is 2.79. The maximum Gasteiger partial charge on any atom is 0.139 e. The van der Waals surface area contributed by atoms with E-state index in [0.717, 1.165) is 0 Å². The zero-order chi connectivity index (χ0) is 27.2. The Morgan fingerprint density at radius 3 is 1.68 bits per heavy atom. The smallest absolute Gasteiger partial charge is 0.139 e. The van der Waals surface area contributed by atoms with Crippen LogP contribution in [0.2, 0.25) is 0 Å². The Balaban J connectivity index is 1.33. The molecule has 0 unspecified atom stereocenters. The highest BCUT2D eigenvalue weighted by Crippen LogP contribution is 2.61. The van der Waals surface area contributed by atoms with Gasteiger partial charge in [0, 0.05) is 11.6 Å². The monoisotopic (exact) mass is 551 g/mol. The molecule has 8 rings (SSSR count). The fraction of sp³-hybridized carbons (Fsp3) is 0.211. The highest BCUT2D eigenvalue weighted by molar-refractivity contribution is 7.79. The third-order valence-electron chi connectivity index (χ3n) is 9.50. The molecule has 0 spiro atoms. The SMILES string of the molecule is c1ccc(P(c2ccccc2)c2ccccc2[C@H]2OC(c3ccccc3)(c3ccccc3)[C@@H]3[C@H]4CC[C@H](C4)N23)cc1. The quantitative estimate of drug-likeness (QED) is 0.206. The Morgan fingerprint density at radius 2 is 1.10 bits per heavy atom. The highest BCUT2D eigenvalue weighted by atomic mass is 31.1. The van der Waals surface area contributed by atoms with Gasteiger partial charge in [0.2, 0.25) is 0 Å². The van der Waals surface area contributed by atoms with E-state index in [0.29, 0.717) is 18.0 Å². The molecule has 0 radical (unpaired) electrons. The molecule has 0 aromatic heterocycles. The van der Waals surface area contributed by atoms with Gasteiger partial charge in [0.25, 0.3) is 0 Å². The van der Waals surface area contributed by atoms with Gasteiger partial charge in [-0.25, -0.2) is 0 Å². The van der Waals surface area contributed by atoms with Crippen molar-refractivity contribution >= 4 is 23.8 Å². The molecule has 0 amide bonds. The van der Waals surface area contributed by atoms with Crippen molar-refractivity contribution < 1.29 is 4.74 Å². The Morgan fingerprint density at radius 1 is 0.585 bits per heavy atom. The minimum atomic E-state index is -0.754. The molecule has 1 aliphatic carbocycles. The summed E-state index contributed by atoms with van der Waals surface area (Å²) in [6.45, 7) is 0. The Labute approximate surface area is 244 Å². The molecule has 2 saturated heterocycles. The van der Waals surface area contributed by atoms with Crippen molar-refractivity contribution in [2.45, 2.75) is 43.2 Å². The van der Waals surface area contributed by atoms with Gasteiger partial charge in [-0.3, -0.25) is 4.90 Å². The van der Waals surface area contributed by atoms with Crippen LogP contribution in [0, 0.1) is 5.92 Å². The number of hydrogen-bond acceptors (Lipinski definition) is 2. The normalized spacial score (nSPS) is 24.5. The molecule has 0 N–H and O–H groups in total. The summed E-state index contributed by atoms with van der Waals surface area (Å²) in [7, 11) is -0.754. The Bertz CT molecular complexity index is 1550. The van der Waals surface area contributed by atoms with Gasteiger partial charge in [0.15, 0.2) is 0 Å². The van der Waals surface area contributed by atoms with Gasteiger partial charge in [-0.05, 0) is 60.1 Å². The summed E-state index contributed by atoms with van der Waals surface area (Å²) in [5, 5.41) is 4.13. The molecule has 5 aromatic rings.